The summed E-state index contributed by atoms with van der Waals surface area (Å²) in [7, 11) is 0. The normalized spacial score (nSPS) is 21.7. The number of nitrogens with one attached hydrogen (secondary N) is 1. The van der Waals surface area contributed by atoms with E-state index in [1.54, 1.807) is 0 Å². The molecule has 0 saturated heterocycles. The maximum atomic E-state index is 3.52. The lowest BCUT2D eigenvalue weighted by molar-refractivity contribution is 0.500. The highest BCUT2D eigenvalue weighted by Crippen LogP contribution is 2.24. The molecule has 0 spiro atoms. The fourth-order valence-corrected chi connectivity index (χ4v) is 2.10. The minimum atomic E-state index is 0.858. The first-order chi connectivity index (χ1) is 6.75. The molecule has 1 nitrogen and oxygen atoms in total. The summed E-state index contributed by atoms with van der Waals surface area (Å²) in [5.41, 5.74) is 4.22. The first-order valence-corrected chi connectivity index (χ1v) is 5.59. The number of hydrogen-bond acceptors (Lipinski definition) is 1. The van der Waals surface area contributed by atoms with Crippen molar-refractivity contribution in [1.82, 2.24) is 0 Å². The Morgan fingerprint density at radius 2 is 2.14 bits per heavy atom. The number of anilines is 1. The molecule has 1 unspecified atom stereocenters. The Hall–Kier alpha value is -0.980. The zero-order valence-electron chi connectivity index (χ0n) is 9.14. The predicted molar refractivity (Wildman–Crippen MR) is 61.8 cm³/mol. The van der Waals surface area contributed by atoms with Crippen LogP contribution in [-0.2, 0) is 6.42 Å². The first-order valence-electron chi connectivity index (χ1n) is 5.59. The second-order valence-corrected chi connectivity index (χ2v) is 4.52. The van der Waals surface area contributed by atoms with Crippen molar-refractivity contribution >= 4 is 5.69 Å². The van der Waals surface area contributed by atoms with Crippen molar-refractivity contribution < 1.29 is 0 Å². The maximum absolute atomic E-state index is 3.52. The van der Waals surface area contributed by atoms with Crippen LogP contribution in [0.3, 0.4) is 0 Å². The van der Waals surface area contributed by atoms with E-state index in [1.165, 1.54) is 36.1 Å². The molecule has 0 saturated carbocycles. The largest absolute Gasteiger partial charge is 0.385 e. The molecule has 0 aliphatic carbocycles. The number of rotatable bonds is 0. The zero-order valence-corrected chi connectivity index (χ0v) is 9.14. The van der Waals surface area contributed by atoms with Gasteiger partial charge in [0, 0.05) is 12.2 Å². The summed E-state index contributed by atoms with van der Waals surface area (Å²) < 4.78 is 0. The third-order valence-electron chi connectivity index (χ3n) is 3.12. The van der Waals surface area contributed by atoms with Crippen LogP contribution < -0.4 is 5.32 Å². The van der Waals surface area contributed by atoms with Gasteiger partial charge in [-0.2, -0.15) is 0 Å². The smallest absolute Gasteiger partial charge is 0.0372 e. The first kappa shape index (κ1) is 9.57. The van der Waals surface area contributed by atoms with Crippen molar-refractivity contribution in [2.45, 2.75) is 33.1 Å². The average Bonchev–Trinajstić information content (AvgIpc) is 2.15. The van der Waals surface area contributed by atoms with Gasteiger partial charge in [-0.05, 0) is 43.7 Å². The Labute approximate surface area is 86.5 Å². The van der Waals surface area contributed by atoms with Crippen molar-refractivity contribution in [2.24, 2.45) is 5.92 Å². The SMILES string of the molecule is Cc1ccc2c(c1)CCC(C)CCN2. The highest BCUT2D eigenvalue weighted by Gasteiger charge is 2.10. The predicted octanol–water partition coefficient (Wildman–Crippen LogP) is 3.38. The van der Waals surface area contributed by atoms with E-state index >= 15 is 0 Å². The third kappa shape index (κ3) is 2.09. The van der Waals surface area contributed by atoms with Crippen LogP contribution in [0.15, 0.2) is 18.2 Å². The number of hydrogen-bond donors (Lipinski definition) is 1. The van der Waals surface area contributed by atoms with Gasteiger partial charge in [-0.3, -0.25) is 0 Å². The molecule has 1 aliphatic rings. The zero-order chi connectivity index (χ0) is 9.97. The highest BCUT2D eigenvalue weighted by atomic mass is 14.9. The molecule has 1 N–H and O–H groups in total. The van der Waals surface area contributed by atoms with Crippen LogP contribution in [0.5, 0.6) is 0 Å². The van der Waals surface area contributed by atoms with Gasteiger partial charge >= 0.3 is 0 Å². The highest BCUT2D eigenvalue weighted by molar-refractivity contribution is 5.53. The van der Waals surface area contributed by atoms with Gasteiger partial charge in [0.15, 0.2) is 0 Å². The Bertz CT molecular complexity index is 317. The Morgan fingerprint density at radius 3 is 3.00 bits per heavy atom. The number of aryl methyl sites for hydroxylation is 2. The molecule has 0 aromatic heterocycles. The van der Waals surface area contributed by atoms with Crippen LogP contribution in [0, 0.1) is 12.8 Å². The summed E-state index contributed by atoms with van der Waals surface area (Å²) in [5.74, 6) is 0.858. The standard InChI is InChI=1S/C13H19N/c1-10-3-5-12-9-11(2)4-6-13(12)14-8-7-10/h4,6,9-10,14H,3,5,7-8H2,1-2H3. The molecule has 0 fully saturated rings. The van der Waals surface area contributed by atoms with E-state index in [9.17, 15) is 0 Å². The van der Waals surface area contributed by atoms with Crippen LogP contribution in [0.4, 0.5) is 5.69 Å². The third-order valence-corrected chi connectivity index (χ3v) is 3.12. The Balaban J connectivity index is 2.24. The molecule has 2 rings (SSSR count). The quantitative estimate of drug-likeness (QED) is 0.659. The summed E-state index contributed by atoms with van der Waals surface area (Å²) in [5, 5.41) is 3.52. The summed E-state index contributed by atoms with van der Waals surface area (Å²) in [6, 6.07) is 6.73. The van der Waals surface area contributed by atoms with E-state index in [4.69, 9.17) is 0 Å². The molecule has 14 heavy (non-hydrogen) atoms. The van der Waals surface area contributed by atoms with Gasteiger partial charge in [-0.1, -0.05) is 24.6 Å². The van der Waals surface area contributed by atoms with E-state index < -0.39 is 0 Å². The molecule has 1 heterocycles. The lowest BCUT2D eigenvalue weighted by Crippen LogP contribution is -2.12. The van der Waals surface area contributed by atoms with Crippen LogP contribution in [0.1, 0.15) is 30.9 Å². The van der Waals surface area contributed by atoms with Gasteiger partial charge in [-0.15, -0.1) is 0 Å². The van der Waals surface area contributed by atoms with Gasteiger partial charge in [0.05, 0.1) is 0 Å². The van der Waals surface area contributed by atoms with Crippen LogP contribution in [-0.4, -0.2) is 6.54 Å². The van der Waals surface area contributed by atoms with Gasteiger partial charge in [0.1, 0.15) is 0 Å². The van der Waals surface area contributed by atoms with Crippen molar-refractivity contribution in [2.75, 3.05) is 11.9 Å². The molecule has 0 bridgehead atoms. The van der Waals surface area contributed by atoms with Crippen molar-refractivity contribution in [3.63, 3.8) is 0 Å². The Morgan fingerprint density at radius 1 is 1.29 bits per heavy atom. The second kappa shape index (κ2) is 4.04. The Kier molecular flexibility index (Phi) is 2.76. The van der Waals surface area contributed by atoms with E-state index in [0.29, 0.717) is 0 Å². The fourth-order valence-electron chi connectivity index (χ4n) is 2.10. The average molecular weight is 189 g/mol. The molecule has 1 aromatic carbocycles. The summed E-state index contributed by atoms with van der Waals surface area (Å²) >= 11 is 0. The monoisotopic (exact) mass is 189 g/mol. The second-order valence-electron chi connectivity index (χ2n) is 4.52. The molecule has 0 amide bonds. The summed E-state index contributed by atoms with van der Waals surface area (Å²) in [6.07, 6.45) is 3.86. The molecule has 1 atom stereocenters. The lowest BCUT2D eigenvalue weighted by Gasteiger charge is -2.20. The van der Waals surface area contributed by atoms with E-state index in [2.05, 4.69) is 37.4 Å². The van der Waals surface area contributed by atoms with Gasteiger partial charge in [-0.25, -0.2) is 0 Å². The molecule has 0 radical (unpaired) electrons. The van der Waals surface area contributed by atoms with Crippen molar-refractivity contribution in [1.29, 1.82) is 0 Å². The molecule has 1 aliphatic heterocycles. The molecule has 1 aromatic rings. The number of fused-ring (bicyclic) bond motifs is 1. The summed E-state index contributed by atoms with van der Waals surface area (Å²) in [6.45, 7) is 5.64. The fraction of sp³-hybridized carbons (Fsp3) is 0.538. The van der Waals surface area contributed by atoms with Crippen LogP contribution in [0.25, 0.3) is 0 Å². The van der Waals surface area contributed by atoms with Gasteiger partial charge in [0.2, 0.25) is 0 Å². The maximum Gasteiger partial charge on any atom is 0.0372 e. The van der Waals surface area contributed by atoms with Crippen LogP contribution >= 0.6 is 0 Å². The summed E-state index contributed by atoms with van der Waals surface area (Å²) in [4.78, 5) is 0. The molecular weight excluding hydrogens is 170 g/mol. The van der Waals surface area contributed by atoms with E-state index in [0.717, 1.165) is 12.5 Å². The number of benzene rings is 1. The topological polar surface area (TPSA) is 12.0 Å². The van der Waals surface area contributed by atoms with Crippen LogP contribution in [0.2, 0.25) is 0 Å². The molecule has 76 valence electrons. The van der Waals surface area contributed by atoms with E-state index in [-0.39, 0.29) is 0 Å². The minimum Gasteiger partial charge on any atom is -0.385 e. The van der Waals surface area contributed by atoms with Crippen molar-refractivity contribution in [3.05, 3.63) is 29.3 Å². The van der Waals surface area contributed by atoms with Gasteiger partial charge < -0.3 is 5.32 Å². The van der Waals surface area contributed by atoms with E-state index in [1.807, 2.05) is 0 Å². The van der Waals surface area contributed by atoms with Gasteiger partial charge in [0.25, 0.3) is 0 Å². The van der Waals surface area contributed by atoms with Crippen molar-refractivity contribution in [3.8, 4) is 0 Å². The molecule has 1 heteroatoms. The molecular formula is C13H19N. The minimum absolute atomic E-state index is 0.858. The lowest BCUT2D eigenvalue weighted by atomic mass is 9.94.